The monoisotopic (exact) mass is 594 g/mol. The van der Waals surface area contributed by atoms with Crippen molar-refractivity contribution >= 4 is 45.7 Å². The smallest absolute Gasteiger partial charge is 0.260 e. The lowest BCUT2D eigenvalue weighted by molar-refractivity contribution is -0.115. The first-order valence-electron chi connectivity index (χ1n) is 13.5. The molecule has 5 rings (SSSR count). The molecule has 0 bridgehead atoms. The molecule has 0 unspecified atom stereocenters. The quantitative estimate of drug-likeness (QED) is 0.191. The number of nitrogens with zero attached hydrogens (tertiary/aromatic N) is 1. The lowest BCUT2D eigenvalue weighted by Gasteiger charge is -2.12. The van der Waals surface area contributed by atoms with Crippen LogP contribution in [0.2, 0.25) is 0 Å². The van der Waals surface area contributed by atoms with Gasteiger partial charge in [-0.15, -0.1) is 0 Å². The maximum Gasteiger partial charge on any atom is 0.260 e. The summed E-state index contributed by atoms with van der Waals surface area (Å²) >= 11 is 1.11. The van der Waals surface area contributed by atoms with Gasteiger partial charge in [-0.05, 0) is 79.7 Å². The number of nitrogens with two attached hydrogens (primary N) is 1. The van der Waals surface area contributed by atoms with Crippen LogP contribution in [0.1, 0.15) is 6.92 Å². The molecule has 4 N–H and O–H groups in total. The molecular formula is C33H30N4O5S. The van der Waals surface area contributed by atoms with Crippen molar-refractivity contribution in [2.45, 2.75) is 12.2 Å². The Morgan fingerprint density at radius 2 is 1.49 bits per heavy atom. The summed E-state index contributed by atoms with van der Waals surface area (Å²) in [5.41, 5.74) is 8.39. The molecule has 0 radical (unpaired) electrons. The highest BCUT2D eigenvalue weighted by Gasteiger charge is 2.38. The maximum absolute atomic E-state index is 13.5. The molecule has 0 spiro atoms. The fourth-order valence-electron chi connectivity index (χ4n) is 4.23. The van der Waals surface area contributed by atoms with Crippen LogP contribution in [0, 0.1) is 0 Å². The van der Waals surface area contributed by atoms with Gasteiger partial charge in [0.1, 0.15) is 33.3 Å². The number of nitrogens with one attached hydrogen (secondary N) is 2. The van der Waals surface area contributed by atoms with Crippen molar-refractivity contribution in [1.82, 2.24) is 0 Å². The second-order valence-corrected chi connectivity index (χ2v) is 10.4. The van der Waals surface area contributed by atoms with Gasteiger partial charge in [0.05, 0.1) is 25.0 Å². The van der Waals surface area contributed by atoms with Crippen molar-refractivity contribution in [2.24, 2.45) is 10.7 Å². The van der Waals surface area contributed by atoms with Crippen LogP contribution in [0.25, 0.3) is 0 Å². The number of carbonyl (C=O) groups is 2. The average molecular weight is 595 g/mol. The highest BCUT2D eigenvalue weighted by atomic mass is 32.2. The van der Waals surface area contributed by atoms with E-state index >= 15 is 0 Å². The zero-order chi connectivity index (χ0) is 30.2. The van der Waals surface area contributed by atoms with E-state index in [0.717, 1.165) is 11.8 Å². The molecule has 9 nitrogen and oxygen atoms in total. The zero-order valence-electron chi connectivity index (χ0n) is 23.6. The van der Waals surface area contributed by atoms with Crippen LogP contribution in [-0.4, -0.2) is 35.8 Å². The van der Waals surface area contributed by atoms with E-state index in [9.17, 15) is 9.59 Å². The molecule has 0 saturated carbocycles. The average Bonchev–Trinajstić information content (AvgIpc) is 3.35. The molecule has 1 aliphatic heterocycles. The largest absolute Gasteiger partial charge is 0.497 e. The normalized spacial score (nSPS) is 15.2. The van der Waals surface area contributed by atoms with Crippen LogP contribution < -0.4 is 30.6 Å². The van der Waals surface area contributed by atoms with Gasteiger partial charge in [-0.25, -0.2) is 4.99 Å². The predicted octanol–water partition coefficient (Wildman–Crippen LogP) is 6.52. The van der Waals surface area contributed by atoms with E-state index in [2.05, 4.69) is 15.6 Å². The van der Waals surface area contributed by atoms with Crippen molar-refractivity contribution < 1.29 is 23.8 Å². The molecule has 0 aromatic heterocycles. The Balaban J connectivity index is 1.37. The molecule has 43 heavy (non-hydrogen) atoms. The summed E-state index contributed by atoms with van der Waals surface area (Å²) in [6.07, 6.45) is 0. The Bertz CT molecular complexity index is 1660. The summed E-state index contributed by atoms with van der Waals surface area (Å²) in [5.74, 6) is 1.75. The van der Waals surface area contributed by atoms with Gasteiger partial charge in [-0.1, -0.05) is 36.0 Å². The number of rotatable bonds is 10. The van der Waals surface area contributed by atoms with Crippen LogP contribution >= 0.6 is 11.8 Å². The summed E-state index contributed by atoms with van der Waals surface area (Å²) < 4.78 is 16.6. The molecule has 0 fully saturated rings. The van der Waals surface area contributed by atoms with Crippen LogP contribution in [-0.2, 0) is 9.59 Å². The van der Waals surface area contributed by atoms with Crippen molar-refractivity contribution in [3.8, 4) is 23.0 Å². The van der Waals surface area contributed by atoms with Crippen molar-refractivity contribution in [2.75, 3.05) is 24.4 Å². The van der Waals surface area contributed by atoms with Crippen molar-refractivity contribution in [3.63, 3.8) is 0 Å². The third-order valence-electron chi connectivity index (χ3n) is 6.29. The number of para-hydroxylation sites is 1. The molecule has 0 saturated heterocycles. The van der Waals surface area contributed by atoms with Crippen molar-refractivity contribution in [3.05, 3.63) is 114 Å². The van der Waals surface area contributed by atoms with Gasteiger partial charge in [0, 0.05) is 23.1 Å². The summed E-state index contributed by atoms with van der Waals surface area (Å²) in [7, 11) is 1.55. The Morgan fingerprint density at radius 3 is 2.19 bits per heavy atom. The number of ether oxygens (including phenoxy) is 3. The number of benzene rings is 4. The topological polar surface area (TPSA) is 124 Å². The molecule has 1 atom stereocenters. The third-order valence-corrected chi connectivity index (χ3v) is 7.51. The second kappa shape index (κ2) is 13.6. The van der Waals surface area contributed by atoms with E-state index < -0.39 is 11.2 Å². The van der Waals surface area contributed by atoms with E-state index in [1.54, 1.807) is 79.9 Å². The fraction of sp³-hybridized carbons (Fsp3) is 0.121. The molecule has 10 heteroatoms. The molecule has 0 aliphatic carbocycles. The number of hydrogen-bond donors (Lipinski definition) is 3. The first kappa shape index (κ1) is 29.3. The number of anilines is 2. The number of thioether (sulfide) groups is 1. The van der Waals surface area contributed by atoms with Crippen molar-refractivity contribution in [1.29, 1.82) is 0 Å². The van der Waals surface area contributed by atoms with E-state index in [0.29, 0.717) is 51.7 Å². The Kier molecular flexibility index (Phi) is 9.28. The minimum absolute atomic E-state index is 0.108. The lowest BCUT2D eigenvalue weighted by atomic mass is 10.1. The summed E-state index contributed by atoms with van der Waals surface area (Å²) in [4.78, 5) is 31.6. The molecule has 1 heterocycles. The fourth-order valence-corrected chi connectivity index (χ4v) is 5.35. The highest BCUT2D eigenvalue weighted by molar-refractivity contribution is 8.16. The highest BCUT2D eigenvalue weighted by Crippen LogP contribution is 2.36. The second-order valence-electron chi connectivity index (χ2n) is 9.29. The molecule has 4 aromatic carbocycles. The Morgan fingerprint density at radius 1 is 0.814 bits per heavy atom. The van der Waals surface area contributed by atoms with E-state index in [4.69, 9.17) is 19.9 Å². The number of amides is 2. The van der Waals surface area contributed by atoms with Crippen LogP contribution in [0.3, 0.4) is 0 Å². The molecule has 2 amide bonds. The maximum atomic E-state index is 13.5. The van der Waals surface area contributed by atoms with Gasteiger partial charge in [-0.2, -0.15) is 0 Å². The molecular weight excluding hydrogens is 564 g/mol. The standard InChI is InChI=1S/C33H30N4O5S/c1-3-41-24-16-12-22(13-17-24)37-33-28(31(38)36-23-8-7-11-27(20-23)40-2)29(34)30(43-33)32(39)35-21-14-18-26(19-15-21)42-25-9-5-4-6-10-25/h4-20,30H,3,34H2,1-2H3,(H,35,39)(H,36,38)/t30-/m0/s1. The number of hydrogen-bond acceptors (Lipinski definition) is 8. The number of methoxy groups -OCH3 is 1. The summed E-state index contributed by atoms with van der Waals surface area (Å²) in [6, 6.07) is 30.5. The minimum Gasteiger partial charge on any atom is -0.497 e. The third kappa shape index (κ3) is 7.35. The van der Waals surface area contributed by atoms with E-state index in [1.165, 1.54) is 0 Å². The van der Waals surface area contributed by atoms with Gasteiger partial charge >= 0.3 is 0 Å². The van der Waals surface area contributed by atoms with Crippen LogP contribution in [0.4, 0.5) is 17.1 Å². The number of carbonyl (C=O) groups excluding carboxylic acids is 2. The SMILES string of the molecule is CCOc1ccc(N=C2S[C@H](C(=O)Nc3ccc(Oc4ccccc4)cc3)C(N)=C2C(=O)Nc2cccc(OC)c2)cc1. The first-order chi connectivity index (χ1) is 20.9. The zero-order valence-corrected chi connectivity index (χ0v) is 24.4. The molecule has 4 aromatic rings. The predicted molar refractivity (Wildman–Crippen MR) is 171 cm³/mol. The van der Waals surface area contributed by atoms with E-state index in [-0.39, 0.29) is 17.2 Å². The van der Waals surface area contributed by atoms with Gasteiger partial charge < -0.3 is 30.6 Å². The summed E-state index contributed by atoms with van der Waals surface area (Å²) in [5, 5.41) is 5.18. The van der Waals surface area contributed by atoms with Gasteiger partial charge in [-0.3, -0.25) is 9.59 Å². The van der Waals surface area contributed by atoms with Crippen LogP contribution in [0.15, 0.2) is 119 Å². The van der Waals surface area contributed by atoms with Gasteiger partial charge in [0.2, 0.25) is 5.91 Å². The number of aliphatic imine (C=N–C) groups is 1. The summed E-state index contributed by atoms with van der Waals surface area (Å²) in [6.45, 7) is 2.44. The molecule has 1 aliphatic rings. The van der Waals surface area contributed by atoms with E-state index in [1.807, 2.05) is 37.3 Å². The Hall–Kier alpha value is -5.22. The van der Waals surface area contributed by atoms with Gasteiger partial charge in [0.25, 0.3) is 5.91 Å². The Labute approximate surface area is 253 Å². The van der Waals surface area contributed by atoms with Crippen LogP contribution in [0.5, 0.6) is 23.0 Å². The first-order valence-corrected chi connectivity index (χ1v) is 14.4. The lowest BCUT2D eigenvalue weighted by Crippen LogP contribution is -2.29. The minimum atomic E-state index is -0.882. The van der Waals surface area contributed by atoms with Gasteiger partial charge in [0.15, 0.2) is 0 Å². The molecule has 218 valence electrons.